The predicted octanol–water partition coefficient (Wildman–Crippen LogP) is 1.66. The zero-order valence-corrected chi connectivity index (χ0v) is 16.6. The monoisotopic (exact) mass is 434 g/mol. The van der Waals surface area contributed by atoms with Gasteiger partial charge in [-0.1, -0.05) is 30.3 Å². The molecular weight excluding hydrogens is 416 g/mol. The van der Waals surface area contributed by atoms with Gasteiger partial charge in [-0.15, -0.1) is 0 Å². The number of halogens is 1. The maximum Gasteiger partial charge on any atom is 0.333 e. The molecule has 0 saturated heterocycles. The van der Waals surface area contributed by atoms with Crippen molar-refractivity contribution >= 4 is 33.1 Å². The second-order valence-corrected chi connectivity index (χ2v) is 6.69. The molecule has 0 atom stereocenters. The summed E-state index contributed by atoms with van der Waals surface area (Å²) in [5.41, 5.74) is 0.505. The number of rotatable bonds is 6. The van der Waals surface area contributed by atoms with E-state index in [9.17, 15) is 14.4 Å². The highest BCUT2D eigenvalue weighted by Crippen LogP contribution is 2.15. The SMILES string of the molecule is CCOC(=O)CCn1c(=O)c2c(nc(Br)n2C)n(Cc2ccccc2)c1=O. The second kappa shape index (κ2) is 7.91. The van der Waals surface area contributed by atoms with Gasteiger partial charge in [0.25, 0.3) is 5.56 Å². The minimum atomic E-state index is -0.508. The first-order valence-electron chi connectivity index (χ1n) is 8.49. The molecule has 0 fully saturated rings. The van der Waals surface area contributed by atoms with E-state index in [0.29, 0.717) is 15.9 Å². The number of nitrogens with zero attached hydrogens (tertiary/aromatic N) is 4. The third kappa shape index (κ3) is 3.73. The lowest BCUT2D eigenvalue weighted by atomic mass is 10.2. The first-order chi connectivity index (χ1) is 12.9. The first-order valence-corrected chi connectivity index (χ1v) is 9.28. The van der Waals surface area contributed by atoms with Crippen LogP contribution in [0.5, 0.6) is 0 Å². The Morgan fingerprint density at radius 3 is 2.56 bits per heavy atom. The smallest absolute Gasteiger partial charge is 0.333 e. The van der Waals surface area contributed by atoms with Gasteiger partial charge in [-0.3, -0.25) is 18.7 Å². The van der Waals surface area contributed by atoms with E-state index in [4.69, 9.17) is 4.74 Å². The number of aryl methyl sites for hydroxylation is 1. The number of hydrogen-bond donors (Lipinski definition) is 0. The Morgan fingerprint density at radius 2 is 1.89 bits per heavy atom. The highest BCUT2D eigenvalue weighted by Gasteiger charge is 2.20. The predicted molar refractivity (Wildman–Crippen MR) is 104 cm³/mol. The number of benzene rings is 1. The van der Waals surface area contributed by atoms with Gasteiger partial charge in [0.1, 0.15) is 0 Å². The summed E-state index contributed by atoms with van der Waals surface area (Å²) >= 11 is 3.31. The maximum absolute atomic E-state index is 13.0. The summed E-state index contributed by atoms with van der Waals surface area (Å²) in [6.07, 6.45) is -0.0567. The van der Waals surface area contributed by atoms with Crippen LogP contribution >= 0.6 is 15.9 Å². The van der Waals surface area contributed by atoms with Gasteiger partial charge < -0.3 is 9.30 Å². The van der Waals surface area contributed by atoms with Crippen molar-refractivity contribution in [3.8, 4) is 0 Å². The van der Waals surface area contributed by atoms with Crippen LogP contribution in [0.1, 0.15) is 18.9 Å². The zero-order valence-electron chi connectivity index (χ0n) is 15.0. The van der Waals surface area contributed by atoms with Crippen LogP contribution in [0.25, 0.3) is 11.2 Å². The molecule has 0 bridgehead atoms. The fourth-order valence-corrected chi connectivity index (χ4v) is 3.22. The lowest BCUT2D eigenvalue weighted by Gasteiger charge is -2.12. The van der Waals surface area contributed by atoms with Gasteiger partial charge in [-0.25, -0.2) is 9.78 Å². The van der Waals surface area contributed by atoms with Gasteiger partial charge in [-0.05, 0) is 28.4 Å². The normalized spacial score (nSPS) is 11.1. The topological polar surface area (TPSA) is 88.1 Å². The van der Waals surface area contributed by atoms with E-state index in [2.05, 4.69) is 20.9 Å². The lowest BCUT2D eigenvalue weighted by Crippen LogP contribution is -2.41. The lowest BCUT2D eigenvalue weighted by molar-refractivity contribution is -0.143. The Morgan fingerprint density at radius 1 is 1.19 bits per heavy atom. The number of carbonyl (C=O) groups is 1. The number of fused-ring (bicyclic) bond motifs is 1. The molecule has 0 saturated carbocycles. The van der Waals surface area contributed by atoms with E-state index in [1.54, 1.807) is 18.5 Å². The summed E-state index contributed by atoms with van der Waals surface area (Å²) in [5.74, 6) is -0.454. The largest absolute Gasteiger partial charge is 0.466 e. The fraction of sp³-hybridized carbons (Fsp3) is 0.333. The average molecular weight is 435 g/mol. The molecule has 2 heterocycles. The Bertz CT molecular complexity index is 1100. The van der Waals surface area contributed by atoms with E-state index in [1.807, 2.05) is 30.3 Å². The Hall–Kier alpha value is -2.68. The minimum Gasteiger partial charge on any atom is -0.466 e. The first kappa shape index (κ1) is 19.1. The second-order valence-electron chi connectivity index (χ2n) is 5.98. The molecule has 0 unspecified atom stereocenters. The summed E-state index contributed by atoms with van der Waals surface area (Å²) in [6.45, 7) is 2.17. The number of ether oxygens (including phenoxy) is 1. The van der Waals surface area contributed by atoms with Gasteiger partial charge in [0, 0.05) is 13.6 Å². The van der Waals surface area contributed by atoms with E-state index < -0.39 is 17.2 Å². The van der Waals surface area contributed by atoms with Crippen molar-refractivity contribution in [1.82, 2.24) is 18.7 Å². The summed E-state index contributed by atoms with van der Waals surface area (Å²) in [6, 6.07) is 9.43. The minimum absolute atomic E-state index is 0.0516. The molecule has 0 amide bonds. The summed E-state index contributed by atoms with van der Waals surface area (Å²) < 4.78 is 9.43. The molecule has 0 spiro atoms. The van der Waals surface area contributed by atoms with Crippen LogP contribution in [0.2, 0.25) is 0 Å². The summed E-state index contributed by atoms with van der Waals surface area (Å²) in [5, 5.41) is 0. The number of esters is 1. The van der Waals surface area contributed by atoms with Crippen LogP contribution < -0.4 is 11.2 Å². The van der Waals surface area contributed by atoms with Crippen molar-refractivity contribution in [3.05, 3.63) is 61.5 Å². The van der Waals surface area contributed by atoms with Crippen LogP contribution in [0.15, 0.2) is 44.7 Å². The van der Waals surface area contributed by atoms with Gasteiger partial charge in [0.15, 0.2) is 15.9 Å². The van der Waals surface area contributed by atoms with Crippen molar-refractivity contribution in [1.29, 1.82) is 0 Å². The Balaban J connectivity index is 2.15. The van der Waals surface area contributed by atoms with E-state index in [-0.39, 0.29) is 26.1 Å². The van der Waals surface area contributed by atoms with Crippen LogP contribution in [0, 0.1) is 0 Å². The van der Waals surface area contributed by atoms with Crippen LogP contribution in [0.3, 0.4) is 0 Å². The van der Waals surface area contributed by atoms with E-state index in [1.165, 1.54) is 4.57 Å². The molecule has 0 radical (unpaired) electrons. The Labute approximate surface area is 163 Å². The average Bonchev–Trinajstić information content (AvgIpc) is 2.95. The highest BCUT2D eigenvalue weighted by atomic mass is 79.9. The summed E-state index contributed by atoms with van der Waals surface area (Å²) in [7, 11) is 1.69. The highest BCUT2D eigenvalue weighted by molar-refractivity contribution is 9.10. The van der Waals surface area contributed by atoms with E-state index >= 15 is 0 Å². The number of hydrogen-bond acceptors (Lipinski definition) is 5. The number of aromatic nitrogens is 4. The molecule has 1 aromatic carbocycles. The van der Waals surface area contributed by atoms with Gasteiger partial charge in [0.05, 0.1) is 19.6 Å². The molecule has 9 heteroatoms. The quantitative estimate of drug-likeness (QED) is 0.434. The number of imidazole rings is 1. The van der Waals surface area contributed by atoms with Gasteiger partial charge >= 0.3 is 11.7 Å². The van der Waals surface area contributed by atoms with Gasteiger partial charge in [-0.2, -0.15) is 0 Å². The molecule has 0 aliphatic carbocycles. The van der Waals surface area contributed by atoms with Crippen molar-refractivity contribution in [3.63, 3.8) is 0 Å². The standard InChI is InChI=1S/C18H19BrN4O4/c1-3-27-13(24)9-10-22-16(25)14-15(20-17(19)21(14)2)23(18(22)26)11-12-7-5-4-6-8-12/h4-8H,3,9-11H2,1-2H3. The van der Waals surface area contributed by atoms with E-state index in [0.717, 1.165) is 10.1 Å². The van der Waals surface area contributed by atoms with Crippen LogP contribution in [0.4, 0.5) is 0 Å². The molecule has 0 aliphatic rings. The van der Waals surface area contributed by atoms with Crippen molar-refractivity contribution in [2.75, 3.05) is 6.61 Å². The van der Waals surface area contributed by atoms with Crippen molar-refractivity contribution < 1.29 is 9.53 Å². The van der Waals surface area contributed by atoms with Crippen molar-refractivity contribution in [2.45, 2.75) is 26.4 Å². The molecule has 27 heavy (non-hydrogen) atoms. The molecule has 0 N–H and O–H groups in total. The Kier molecular flexibility index (Phi) is 5.59. The third-order valence-electron chi connectivity index (χ3n) is 4.22. The molecule has 142 valence electrons. The fourth-order valence-electron chi connectivity index (χ4n) is 2.88. The zero-order chi connectivity index (χ0) is 19.6. The summed E-state index contributed by atoms with van der Waals surface area (Å²) in [4.78, 5) is 41.9. The molecule has 0 aliphatic heterocycles. The maximum atomic E-state index is 13.0. The third-order valence-corrected chi connectivity index (χ3v) is 4.93. The van der Waals surface area contributed by atoms with Crippen LogP contribution in [-0.4, -0.2) is 31.3 Å². The molecular formula is C18H19BrN4O4. The molecule has 3 aromatic rings. The molecule has 8 nitrogen and oxygen atoms in total. The van der Waals surface area contributed by atoms with Gasteiger partial charge in [0.2, 0.25) is 0 Å². The van der Waals surface area contributed by atoms with Crippen molar-refractivity contribution in [2.24, 2.45) is 7.05 Å². The van der Waals surface area contributed by atoms with Crippen LogP contribution in [-0.2, 0) is 29.7 Å². The molecule has 2 aromatic heterocycles. The number of carbonyl (C=O) groups excluding carboxylic acids is 1. The molecule has 3 rings (SSSR count).